The summed E-state index contributed by atoms with van der Waals surface area (Å²) in [5, 5.41) is -0.720. The highest BCUT2D eigenvalue weighted by Gasteiger charge is 2.25. The molecule has 1 aliphatic rings. The molecule has 1 heterocycles. The van der Waals surface area contributed by atoms with Crippen molar-refractivity contribution in [1.29, 1.82) is 0 Å². The fraction of sp³-hybridized carbons (Fsp3) is 0.300. The maximum absolute atomic E-state index is 11.3. The second-order valence-corrected chi connectivity index (χ2v) is 6.15. The van der Waals surface area contributed by atoms with Gasteiger partial charge in [-0.05, 0) is 23.7 Å². The van der Waals surface area contributed by atoms with Crippen molar-refractivity contribution in [3.05, 3.63) is 23.3 Å². The van der Waals surface area contributed by atoms with E-state index in [1.165, 1.54) is 12.1 Å². The van der Waals surface area contributed by atoms with Gasteiger partial charge in [0.2, 0.25) is 6.79 Å². The fourth-order valence-electron chi connectivity index (χ4n) is 1.62. The van der Waals surface area contributed by atoms with Crippen LogP contribution >= 0.6 is 11.6 Å². The molecule has 1 aromatic carbocycles. The Labute approximate surface area is 103 Å². The molecule has 2 rings (SSSR count). The average Bonchev–Trinajstić information content (AvgIpc) is 2.63. The van der Waals surface area contributed by atoms with E-state index in [0.29, 0.717) is 5.75 Å². The van der Waals surface area contributed by atoms with E-state index in [9.17, 15) is 13.2 Å². The van der Waals surface area contributed by atoms with Crippen LogP contribution < -0.4 is 9.47 Å². The molecule has 0 saturated heterocycles. The summed E-state index contributed by atoms with van der Waals surface area (Å²) in [6.45, 7) is 0.00598. The maximum Gasteiger partial charge on any atom is 0.252 e. The molecule has 1 aromatic rings. The Hall–Kier alpha value is -1.27. The van der Waals surface area contributed by atoms with Crippen LogP contribution in [-0.4, -0.2) is 26.7 Å². The van der Waals surface area contributed by atoms with Gasteiger partial charge in [-0.25, -0.2) is 8.42 Å². The highest BCUT2D eigenvalue weighted by atomic mass is 35.5. The van der Waals surface area contributed by atoms with Gasteiger partial charge in [-0.1, -0.05) is 0 Å². The zero-order valence-electron chi connectivity index (χ0n) is 8.90. The van der Waals surface area contributed by atoms with Crippen LogP contribution in [0.1, 0.15) is 15.9 Å². The first kappa shape index (κ1) is 12.2. The summed E-state index contributed by atoms with van der Waals surface area (Å²) in [7, 11) is -3.30. The summed E-state index contributed by atoms with van der Waals surface area (Å²) in [5.74, 6) is 0.389. The van der Waals surface area contributed by atoms with Crippen molar-refractivity contribution in [2.75, 3.05) is 13.0 Å². The van der Waals surface area contributed by atoms with Crippen LogP contribution in [0.5, 0.6) is 11.5 Å². The van der Waals surface area contributed by atoms with Gasteiger partial charge in [-0.2, -0.15) is 0 Å². The lowest BCUT2D eigenvalue weighted by Crippen LogP contribution is -2.07. The van der Waals surface area contributed by atoms with Crippen molar-refractivity contribution in [3.8, 4) is 11.5 Å². The number of fused-ring (bicyclic) bond motifs is 1. The lowest BCUT2D eigenvalue weighted by molar-refractivity contribution is 0.108. The van der Waals surface area contributed by atoms with E-state index in [2.05, 4.69) is 0 Å². The summed E-state index contributed by atoms with van der Waals surface area (Å²) >= 11 is 5.41. The molecule has 0 aliphatic carbocycles. The van der Waals surface area contributed by atoms with E-state index >= 15 is 0 Å². The lowest BCUT2D eigenvalue weighted by atomic mass is 10.1. The standard InChI is InChI=1S/C10H9ClO5S/c1-17(13,14)4-7-6(10(11)12)2-3-8-9(7)16-5-15-8/h2-3H,4-5H2,1H3. The number of carbonyl (C=O) groups excluding carboxylic acids is 1. The molecule has 0 aromatic heterocycles. The van der Waals surface area contributed by atoms with E-state index in [1.54, 1.807) is 0 Å². The molecule has 7 heteroatoms. The first-order valence-corrected chi connectivity index (χ1v) is 7.11. The average molecular weight is 277 g/mol. The highest BCUT2D eigenvalue weighted by molar-refractivity contribution is 7.89. The lowest BCUT2D eigenvalue weighted by Gasteiger charge is -2.08. The molecule has 0 fully saturated rings. The Morgan fingerprint density at radius 3 is 2.71 bits per heavy atom. The summed E-state index contributed by atoms with van der Waals surface area (Å²) < 4.78 is 32.9. The third kappa shape index (κ3) is 2.53. The predicted octanol–water partition coefficient (Wildman–Crippen LogP) is 1.34. The molecule has 92 valence electrons. The molecule has 0 spiro atoms. The Bertz CT molecular complexity index is 579. The maximum atomic E-state index is 11.3. The number of hydrogen-bond donors (Lipinski definition) is 0. The number of carbonyl (C=O) groups is 1. The monoisotopic (exact) mass is 276 g/mol. The molecule has 1 aliphatic heterocycles. The zero-order valence-corrected chi connectivity index (χ0v) is 10.5. The smallest absolute Gasteiger partial charge is 0.252 e. The van der Waals surface area contributed by atoms with E-state index in [-0.39, 0.29) is 29.4 Å². The predicted molar refractivity (Wildman–Crippen MR) is 61.3 cm³/mol. The summed E-state index contributed by atoms with van der Waals surface area (Å²) in [6, 6.07) is 2.97. The van der Waals surface area contributed by atoms with Crippen molar-refractivity contribution in [3.63, 3.8) is 0 Å². The molecule has 0 unspecified atom stereocenters. The number of sulfone groups is 1. The van der Waals surface area contributed by atoms with Crippen LogP contribution in [0.3, 0.4) is 0 Å². The molecule has 0 N–H and O–H groups in total. The third-order valence-corrected chi connectivity index (χ3v) is 3.28. The fourth-order valence-corrected chi connectivity index (χ4v) is 2.61. The molecule has 0 atom stereocenters. The molecule has 17 heavy (non-hydrogen) atoms. The van der Waals surface area contributed by atoms with Gasteiger partial charge in [-0.3, -0.25) is 4.79 Å². The van der Waals surface area contributed by atoms with Crippen molar-refractivity contribution in [2.24, 2.45) is 0 Å². The van der Waals surface area contributed by atoms with E-state index in [1.807, 2.05) is 0 Å². The molecule has 0 radical (unpaired) electrons. The third-order valence-electron chi connectivity index (χ3n) is 2.26. The van der Waals surface area contributed by atoms with Crippen LogP contribution in [0.15, 0.2) is 12.1 Å². The van der Waals surface area contributed by atoms with Gasteiger partial charge in [0.1, 0.15) is 0 Å². The zero-order chi connectivity index (χ0) is 12.6. The van der Waals surface area contributed by atoms with Gasteiger partial charge in [0.15, 0.2) is 21.3 Å². The Morgan fingerprint density at radius 1 is 1.41 bits per heavy atom. The Morgan fingerprint density at radius 2 is 2.12 bits per heavy atom. The number of ether oxygens (including phenoxy) is 2. The minimum Gasteiger partial charge on any atom is -0.454 e. The van der Waals surface area contributed by atoms with E-state index < -0.39 is 15.1 Å². The van der Waals surface area contributed by atoms with Crippen molar-refractivity contribution < 1.29 is 22.7 Å². The van der Waals surface area contributed by atoms with Gasteiger partial charge in [-0.15, -0.1) is 0 Å². The molecule has 0 bridgehead atoms. The van der Waals surface area contributed by atoms with Crippen LogP contribution in [-0.2, 0) is 15.6 Å². The van der Waals surface area contributed by atoms with Crippen LogP contribution in [0.2, 0.25) is 0 Å². The van der Waals surface area contributed by atoms with Crippen molar-refractivity contribution in [2.45, 2.75) is 5.75 Å². The quantitative estimate of drug-likeness (QED) is 0.779. The molecule has 0 saturated carbocycles. The van der Waals surface area contributed by atoms with Gasteiger partial charge < -0.3 is 9.47 Å². The molecular formula is C10H9ClO5S. The highest BCUT2D eigenvalue weighted by Crippen LogP contribution is 2.38. The molecule has 5 nitrogen and oxygen atoms in total. The number of benzene rings is 1. The number of rotatable bonds is 3. The van der Waals surface area contributed by atoms with E-state index in [4.69, 9.17) is 21.1 Å². The van der Waals surface area contributed by atoms with Crippen molar-refractivity contribution >= 4 is 26.7 Å². The SMILES string of the molecule is CS(=O)(=O)Cc1c(C(=O)Cl)ccc2c1OCO2. The summed E-state index contributed by atoms with van der Waals surface area (Å²) in [5.41, 5.74) is 0.379. The van der Waals surface area contributed by atoms with Crippen LogP contribution in [0, 0.1) is 0 Å². The van der Waals surface area contributed by atoms with Crippen LogP contribution in [0.4, 0.5) is 0 Å². The van der Waals surface area contributed by atoms with E-state index in [0.717, 1.165) is 6.26 Å². The minimum absolute atomic E-state index is 0.00598. The van der Waals surface area contributed by atoms with Crippen LogP contribution in [0.25, 0.3) is 0 Å². The second-order valence-electron chi connectivity index (χ2n) is 3.67. The normalized spacial score (nSPS) is 13.8. The minimum atomic E-state index is -3.30. The molecular weight excluding hydrogens is 268 g/mol. The first-order chi connectivity index (χ1) is 7.88. The Balaban J connectivity index is 2.60. The number of hydrogen-bond acceptors (Lipinski definition) is 5. The van der Waals surface area contributed by atoms with Gasteiger partial charge in [0.05, 0.1) is 5.75 Å². The van der Waals surface area contributed by atoms with Crippen molar-refractivity contribution in [1.82, 2.24) is 0 Å². The second kappa shape index (κ2) is 4.19. The van der Waals surface area contributed by atoms with Gasteiger partial charge in [0.25, 0.3) is 5.24 Å². The molecule has 0 amide bonds. The Kier molecular flexibility index (Phi) is 3.01. The topological polar surface area (TPSA) is 69.7 Å². The summed E-state index contributed by atoms with van der Waals surface area (Å²) in [4.78, 5) is 11.2. The summed E-state index contributed by atoms with van der Waals surface area (Å²) in [6.07, 6.45) is 1.07. The first-order valence-electron chi connectivity index (χ1n) is 4.67. The van der Waals surface area contributed by atoms with Gasteiger partial charge in [0, 0.05) is 17.4 Å². The van der Waals surface area contributed by atoms with Gasteiger partial charge >= 0.3 is 0 Å². The number of halogens is 1. The largest absolute Gasteiger partial charge is 0.454 e.